The summed E-state index contributed by atoms with van der Waals surface area (Å²) in [6.45, 7) is 5.19. The molecule has 106 valence electrons. The Balaban J connectivity index is 2.44. The molecule has 1 aromatic heterocycles. The van der Waals surface area contributed by atoms with Crippen molar-refractivity contribution in [1.29, 1.82) is 0 Å². The van der Waals surface area contributed by atoms with Gasteiger partial charge < -0.3 is 5.32 Å². The van der Waals surface area contributed by atoms with E-state index in [1.165, 1.54) is 20.3 Å². The van der Waals surface area contributed by atoms with E-state index < -0.39 is 0 Å². The van der Waals surface area contributed by atoms with Gasteiger partial charge >= 0.3 is 0 Å². The number of hydrogen-bond acceptors (Lipinski definition) is 2. The summed E-state index contributed by atoms with van der Waals surface area (Å²) in [5.41, 5.74) is 3.56. The fourth-order valence-corrected chi connectivity index (χ4v) is 3.00. The van der Waals surface area contributed by atoms with Gasteiger partial charge in [0, 0.05) is 21.0 Å². The fraction of sp³-hybridized carbons (Fsp3) is 0.312. The average molecular weight is 401 g/mol. The first-order valence-electron chi connectivity index (χ1n) is 6.71. The van der Waals surface area contributed by atoms with Crippen LogP contribution in [0.25, 0.3) is 0 Å². The molecule has 0 saturated heterocycles. The lowest BCUT2D eigenvalue weighted by atomic mass is 9.99. The van der Waals surface area contributed by atoms with Gasteiger partial charge in [0.25, 0.3) is 0 Å². The lowest BCUT2D eigenvalue weighted by Crippen LogP contribution is -2.24. The van der Waals surface area contributed by atoms with Crippen LogP contribution in [-0.4, -0.2) is 11.5 Å². The van der Waals surface area contributed by atoms with E-state index in [0.717, 1.165) is 18.0 Å². The molecule has 0 saturated carbocycles. The lowest BCUT2D eigenvalue weighted by molar-refractivity contribution is 0.595. The minimum atomic E-state index is 0.132. The van der Waals surface area contributed by atoms with Crippen LogP contribution in [0.3, 0.4) is 0 Å². The highest BCUT2D eigenvalue weighted by molar-refractivity contribution is 14.1. The first-order chi connectivity index (χ1) is 9.61. The van der Waals surface area contributed by atoms with Crippen LogP contribution in [0.1, 0.15) is 36.1 Å². The van der Waals surface area contributed by atoms with Crippen LogP contribution in [-0.2, 0) is 0 Å². The van der Waals surface area contributed by atoms with Gasteiger partial charge in [0.15, 0.2) is 0 Å². The highest BCUT2D eigenvalue weighted by atomic mass is 127. The van der Waals surface area contributed by atoms with Crippen LogP contribution < -0.4 is 5.32 Å². The quantitative estimate of drug-likeness (QED) is 0.734. The fourth-order valence-electron chi connectivity index (χ4n) is 2.17. The van der Waals surface area contributed by atoms with Crippen LogP contribution >= 0.6 is 34.2 Å². The lowest BCUT2D eigenvalue weighted by Gasteiger charge is -2.21. The molecule has 0 aliphatic rings. The van der Waals surface area contributed by atoms with Crippen molar-refractivity contribution in [3.05, 3.63) is 61.9 Å². The van der Waals surface area contributed by atoms with Crippen molar-refractivity contribution in [3.63, 3.8) is 0 Å². The summed E-state index contributed by atoms with van der Waals surface area (Å²) in [4.78, 5) is 4.32. The standard InChI is InChI=1S/C16H18ClIN2/c1-3-6-20-16(12-7-11(2)9-19-10-12)14-8-13(17)4-5-15(14)18/h4-5,7-10,16,20H,3,6H2,1-2H3. The van der Waals surface area contributed by atoms with E-state index in [0.29, 0.717) is 0 Å². The predicted molar refractivity (Wildman–Crippen MR) is 93.3 cm³/mol. The number of nitrogens with zero attached hydrogens (tertiary/aromatic N) is 1. The molecule has 1 unspecified atom stereocenters. The SMILES string of the molecule is CCCNC(c1cncc(C)c1)c1cc(Cl)ccc1I. The Labute approximate surface area is 139 Å². The molecular weight excluding hydrogens is 383 g/mol. The summed E-state index contributed by atoms with van der Waals surface area (Å²) < 4.78 is 1.21. The molecule has 0 fully saturated rings. The first-order valence-corrected chi connectivity index (χ1v) is 8.17. The van der Waals surface area contributed by atoms with Gasteiger partial charge in [0.05, 0.1) is 6.04 Å². The van der Waals surface area contributed by atoms with Crippen molar-refractivity contribution < 1.29 is 0 Å². The minimum absolute atomic E-state index is 0.132. The summed E-state index contributed by atoms with van der Waals surface area (Å²) >= 11 is 8.53. The second-order valence-corrected chi connectivity index (χ2v) is 6.45. The predicted octanol–water partition coefficient (Wildman–Crippen LogP) is 4.74. The highest BCUT2D eigenvalue weighted by Gasteiger charge is 2.17. The second-order valence-electron chi connectivity index (χ2n) is 4.85. The Morgan fingerprint density at radius 2 is 2.10 bits per heavy atom. The van der Waals surface area contributed by atoms with E-state index >= 15 is 0 Å². The summed E-state index contributed by atoms with van der Waals surface area (Å²) in [7, 11) is 0. The smallest absolute Gasteiger partial charge is 0.0603 e. The maximum Gasteiger partial charge on any atom is 0.0603 e. The zero-order valence-corrected chi connectivity index (χ0v) is 14.6. The number of hydrogen-bond donors (Lipinski definition) is 1. The maximum absolute atomic E-state index is 6.17. The van der Waals surface area contributed by atoms with Gasteiger partial charge in [-0.05, 0) is 77.4 Å². The van der Waals surface area contributed by atoms with Crippen molar-refractivity contribution in [2.45, 2.75) is 26.3 Å². The van der Waals surface area contributed by atoms with Gasteiger partial charge in [-0.3, -0.25) is 4.98 Å². The Hall–Kier alpha value is -0.650. The normalized spacial score (nSPS) is 12.4. The molecule has 0 bridgehead atoms. The van der Waals surface area contributed by atoms with E-state index in [2.05, 4.69) is 58.9 Å². The molecule has 0 radical (unpaired) electrons. The molecule has 20 heavy (non-hydrogen) atoms. The molecule has 2 nitrogen and oxygen atoms in total. The van der Waals surface area contributed by atoms with Gasteiger partial charge in [-0.15, -0.1) is 0 Å². The number of nitrogens with one attached hydrogen (secondary N) is 1. The minimum Gasteiger partial charge on any atom is -0.306 e. The number of benzene rings is 1. The third-order valence-corrected chi connectivity index (χ3v) is 4.31. The van der Waals surface area contributed by atoms with Gasteiger partial charge in [0.1, 0.15) is 0 Å². The number of rotatable bonds is 5. The van der Waals surface area contributed by atoms with Gasteiger partial charge in [-0.1, -0.05) is 24.6 Å². The molecule has 0 aliphatic carbocycles. The van der Waals surface area contributed by atoms with Gasteiger partial charge in [-0.2, -0.15) is 0 Å². The summed E-state index contributed by atoms with van der Waals surface area (Å²) in [6.07, 6.45) is 4.90. The largest absolute Gasteiger partial charge is 0.306 e. The molecule has 0 amide bonds. The Kier molecular flexibility index (Phi) is 5.81. The Morgan fingerprint density at radius 3 is 2.80 bits per heavy atom. The molecular formula is C16H18ClIN2. The van der Waals surface area contributed by atoms with Crippen molar-refractivity contribution in [2.75, 3.05) is 6.54 Å². The van der Waals surface area contributed by atoms with Crippen LogP contribution in [0, 0.1) is 10.5 Å². The van der Waals surface area contributed by atoms with Gasteiger partial charge in [0.2, 0.25) is 0 Å². The van der Waals surface area contributed by atoms with Crippen molar-refractivity contribution >= 4 is 34.2 Å². The highest BCUT2D eigenvalue weighted by Crippen LogP contribution is 2.28. The van der Waals surface area contributed by atoms with E-state index in [1.54, 1.807) is 0 Å². The van der Waals surface area contributed by atoms with Crippen LogP contribution in [0.15, 0.2) is 36.7 Å². The molecule has 2 rings (SSSR count). The van der Waals surface area contributed by atoms with E-state index in [1.807, 2.05) is 24.5 Å². The van der Waals surface area contributed by atoms with Gasteiger partial charge in [-0.25, -0.2) is 0 Å². The van der Waals surface area contributed by atoms with Crippen LogP contribution in [0.2, 0.25) is 5.02 Å². The van der Waals surface area contributed by atoms with Crippen LogP contribution in [0.5, 0.6) is 0 Å². The maximum atomic E-state index is 6.17. The summed E-state index contributed by atoms with van der Waals surface area (Å²) in [5.74, 6) is 0. The molecule has 0 spiro atoms. The van der Waals surface area contributed by atoms with Crippen molar-refractivity contribution in [1.82, 2.24) is 10.3 Å². The molecule has 1 atom stereocenters. The number of pyridine rings is 1. The third-order valence-electron chi connectivity index (χ3n) is 3.10. The topological polar surface area (TPSA) is 24.9 Å². The Bertz CT molecular complexity index is 586. The Morgan fingerprint density at radius 1 is 1.30 bits per heavy atom. The zero-order valence-electron chi connectivity index (χ0n) is 11.7. The van der Waals surface area contributed by atoms with E-state index in [-0.39, 0.29) is 6.04 Å². The van der Waals surface area contributed by atoms with E-state index in [4.69, 9.17) is 11.6 Å². The van der Waals surface area contributed by atoms with Crippen molar-refractivity contribution in [2.24, 2.45) is 0 Å². The average Bonchev–Trinajstić information content (AvgIpc) is 2.43. The molecule has 1 heterocycles. The number of aryl methyl sites for hydroxylation is 1. The second kappa shape index (κ2) is 7.38. The summed E-state index contributed by atoms with van der Waals surface area (Å²) in [5, 5.41) is 4.36. The number of halogens is 2. The third kappa shape index (κ3) is 3.93. The molecule has 1 N–H and O–H groups in total. The van der Waals surface area contributed by atoms with Crippen molar-refractivity contribution in [3.8, 4) is 0 Å². The molecule has 4 heteroatoms. The molecule has 1 aromatic carbocycles. The van der Waals surface area contributed by atoms with E-state index in [9.17, 15) is 0 Å². The summed E-state index contributed by atoms with van der Waals surface area (Å²) in [6, 6.07) is 8.34. The number of aromatic nitrogens is 1. The monoisotopic (exact) mass is 400 g/mol. The molecule has 2 aromatic rings. The first kappa shape index (κ1) is 15.7. The van der Waals surface area contributed by atoms with Crippen LogP contribution in [0.4, 0.5) is 0 Å². The molecule has 0 aliphatic heterocycles. The zero-order chi connectivity index (χ0) is 14.5.